The third kappa shape index (κ3) is 4.11. The summed E-state index contributed by atoms with van der Waals surface area (Å²) in [5.41, 5.74) is 0.994. The Morgan fingerprint density at radius 2 is 1.93 bits per heavy atom. The fourth-order valence-corrected chi connectivity index (χ4v) is 3.42. The molecule has 0 bridgehead atoms. The fraction of sp³-hybridized carbons (Fsp3) is 0.450. The zero-order chi connectivity index (χ0) is 20.6. The van der Waals surface area contributed by atoms with Gasteiger partial charge in [-0.2, -0.15) is 0 Å². The van der Waals surface area contributed by atoms with Gasteiger partial charge in [-0.3, -0.25) is 34.6 Å². The number of carbonyl (C=O) groups is 5. The van der Waals surface area contributed by atoms with E-state index in [9.17, 15) is 24.0 Å². The molecular weight excluding hydrogens is 362 g/mol. The quantitative estimate of drug-likeness (QED) is 0.758. The van der Waals surface area contributed by atoms with E-state index in [1.54, 1.807) is 12.1 Å². The van der Waals surface area contributed by atoms with E-state index < -0.39 is 17.9 Å². The van der Waals surface area contributed by atoms with Crippen molar-refractivity contribution in [3.63, 3.8) is 0 Å². The summed E-state index contributed by atoms with van der Waals surface area (Å²) < 4.78 is 0. The molecule has 0 spiro atoms. The summed E-state index contributed by atoms with van der Waals surface area (Å²) in [6.45, 7) is 5.93. The van der Waals surface area contributed by atoms with Crippen molar-refractivity contribution < 1.29 is 24.0 Å². The summed E-state index contributed by atoms with van der Waals surface area (Å²) >= 11 is 0. The summed E-state index contributed by atoms with van der Waals surface area (Å²) in [7, 11) is 0. The summed E-state index contributed by atoms with van der Waals surface area (Å²) in [4.78, 5) is 61.9. The number of fused-ring (bicyclic) bond motifs is 1. The number of hydrogen-bond acceptors (Lipinski definition) is 5. The van der Waals surface area contributed by atoms with E-state index in [4.69, 9.17) is 0 Å². The molecule has 1 fully saturated rings. The molecule has 3 rings (SSSR count). The first-order valence-corrected chi connectivity index (χ1v) is 9.17. The number of benzene rings is 1. The van der Waals surface area contributed by atoms with Crippen LogP contribution in [0.5, 0.6) is 0 Å². The zero-order valence-corrected chi connectivity index (χ0v) is 16.1. The van der Waals surface area contributed by atoms with Crippen molar-refractivity contribution in [3.05, 3.63) is 34.9 Å². The van der Waals surface area contributed by atoms with E-state index in [1.807, 2.05) is 20.8 Å². The first kappa shape index (κ1) is 19.7. The van der Waals surface area contributed by atoms with Crippen LogP contribution in [0.2, 0.25) is 0 Å². The van der Waals surface area contributed by atoms with Gasteiger partial charge in [0.15, 0.2) is 0 Å². The number of piperidine rings is 1. The minimum atomic E-state index is -0.705. The van der Waals surface area contributed by atoms with Crippen molar-refractivity contribution in [1.29, 1.82) is 0 Å². The Balaban J connectivity index is 1.73. The smallest absolute Gasteiger partial charge is 0.257 e. The van der Waals surface area contributed by atoms with Crippen LogP contribution >= 0.6 is 0 Å². The summed E-state index contributed by atoms with van der Waals surface area (Å²) in [6, 6.07) is 3.95. The number of nitrogens with zero attached hydrogens (tertiary/aromatic N) is 1. The maximum Gasteiger partial charge on any atom is 0.257 e. The molecule has 28 heavy (non-hydrogen) atoms. The maximum atomic E-state index is 12.8. The van der Waals surface area contributed by atoms with Gasteiger partial charge in [-0.15, -0.1) is 0 Å². The highest BCUT2D eigenvalue weighted by atomic mass is 16.2. The molecule has 2 heterocycles. The Morgan fingerprint density at radius 1 is 1.21 bits per heavy atom. The van der Waals surface area contributed by atoms with Crippen LogP contribution in [0.4, 0.5) is 0 Å². The third-order valence-electron chi connectivity index (χ3n) is 4.73. The average Bonchev–Trinajstić information content (AvgIpc) is 2.89. The number of amides is 5. The highest BCUT2D eigenvalue weighted by molar-refractivity contribution is 6.08. The van der Waals surface area contributed by atoms with Gasteiger partial charge in [0.25, 0.3) is 11.8 Å². The lowest BCUT2D eigenvalue weighted by atomic mass is 9.92. The van der Waals surface area contributed by atoms with Gasteiger partial charge in [0.1, 0.15) is 6.04 Å². The predicted octanol–water partition coefficient (Wildman–Crippen LogP) is 1.14. The van der Waals surface area contributed by atoms with E-state index in [-0.39, 0.29) is 54.5 Å². The molecule has 148 valence electrons. The second-order valence-corrected chi connectivity index (χ2v) is 8.39. The highest BCUT2D eigenvalue weighted by Crippen LogP contribution is 2.28. The van der Waals surface area contributed by atoms with Crippen molar-refractivity contribution in [3.8, 4) is 0 Å². The van der Waals surface area contributed by atoms with Crippen molar-refractivity contribution in [1.82, 2.24) is 15.5 Å². The number of imide groups is 2. The monoisotopic (exact) mass is 385 g/mol. The van der Waals surface area contributed by atoms with Crippen LogP contribution in [-0.4, -0.2) is 40.5 Å². The number of nitrogens with one attached hydrogen (secondary N) is 2. The molecule has 8 nitrogen and oxygen atoms in total. The molecule has 2 N–H and O–H groups in total. The Bertz CT molecular complexity index is 884. The van der Waals surface area contributed by atoms with Crippen LogP contribution in [0.1, 0.15) is 66.3 Å². The van der Waals surface area contributed by atoms with Gasteiger partial charge in [-0.1, -0.05) is 26.8 Å². The van der Waals surface area contributed by atoms with Crippen LogP contribution in [0.25, 0.3) is 0 Å². The normalized spacial score (nSPS) is 19.3. The van der Waals surface area contributed by atoms with Crippen LogP contribution < -0.4 is 10.6 Å². The zero-order valence-electron chi connectivity index (χ0n) is 16.1. The van der Waals surface area contributed by atoms with Crippen molar-refractivity contribution in [2.45, 2.75) is 52.6 Å². The molecule has 1 atom stereocenters. The van der Waals surface area contributed by atoms with Gasteiger partial charge in [-0.25, -0.2) is 0 Å². The molecular formula is C20H23N3O5. The standard InChI is InChI=1S/C20H23N3O5/c1-20(2,3)9-16(25)22-17(26)11-4-5-12-10-23(19(28)13(12)8-11)14-6-7-15(24)21-18(14)27/h4-5,8,14H,6-7,9-10H2,1-3H3,(H,21,24,27)(H,22,25,26). The number of rotatable bonds is 3. The molecule has 8 heteroatoms. The first-order chi connectivity index (χ1) is 13.0. The highest BCUT2D eigenvalue weighted by Gasteiger charge is 2.39. The molecule has 0 aliphatic carbocycles. The van der Waals surface area contributed by atoms with Crippen molar-refractivity contribution >= 4 is 29.5 Å². The molecule has 0 aromatic heterocycles. The SMILES string of the molecule is CC(C)(C)CC(=O)NC(=O)c1ccc2c(c1)C(=O)N(C1CCC(=O)NC1=O)C2. The van der Waals surface area contributed by atoms with Gasteiger partial charge in [0.2, 0.25) is 17.7 Å². The Hall–Kier alpha value is -3.03. The Kier molecular flexibility index (Phi) is 5.06. The van der Waals surface area contributed by atoms with E-state index in [0.717, 1.165) is 0 Å². The Morgan fingerprint density at radius 3 is 2.57 bits per heavy atom. The van der Waals surface area contributed by atoms with E-state index in [1.165, 1.54) is 11.0 Å². The summed E-state index contributed by atoms with van der Waals surface area (Å²) in [6.07, 6.45) is 0.658. The molecule has 1 unspecified atom stereocenters. The van der Waals surface area contributed by atoms with Crippen LogP contribution in [0.15, 0.2) is 18.2 Å². The van der Waals surface area contributed by atoms with Gasteiger partial charge in [0, 0.05) is 30.5 Å². The maximum absolute atomic E-state index is 12.8. The minimum Gasteiger partial charge on any atom is -0.322 e. The molecule has 2 aliphatic rings. The van der Waals surface area contributed by atoms with Gasteiger partial charge in [-0.05, 0) is 29.5 Å². The summed E-state index contributed by atoms with van der Waals surface area (Å²) in [5, 5.41) is 4.59. The molecule has 1 aromatic rings. The van der Waals surface area contributed by atoms with Crippen molar-refractivity contribution in [2.24, 2.45) is 5.41 Å². The van der Waals surface area contributed by atoms with Crippen molar-refractivity contribution in [2.75, 3.05) is 0 Å². The second kappa shape index (κ2) is 7.18. The van der Waals surface area contributed by atoms with E-state index >= 15 is 0 Å². The van der Waals surface area contributed by atoms with Gasteiger partial charge < -0.3 is 4.90 Å². The predicted molar refractivity (Wildman–Crippen MR) is 99.0 cm³/mol. The Labute approximate surface area is 162 Å². The largest absolute Gasteiger partial charge is 0.322 e. The molecule has 5 amide bonds. The fourth-order valence-electron chi connectivity index (χ4n) is 3.42. The summed E-state index contributed by atoms with van der Waals surface area (Å²) in [5.74, 6) is -2.13. The lowest BCUT2D eigenvalue weighted by Crippen LogP contribution is -2.52. The molecule has 2 aliphatic heterocycles. The second-order valence-electron chi connectivity index (χ2n) is 8.39. The first-order valence-electron chi connectivity index (χ1n) is 9.17. The minimum absolute atomic E-state index is 0.181. The van der Waals surface area contributed by atoms with Crippen LogP contribution in [0, 0.1) is 5.41 Å². The lowest BCUT2D eigenvalue weighted by molar-refractivity contribution is -0.137. The van der Waals surface area contributed by atoms with Gasteiger partial charge >= 0.3 is 0 Å². The molecule has 0 radical (unpaired) electrons. The van der Waals surface area contributed by atoms with E-state index in [2.05, 4.69) is 10.6 Å². The molecule has 0 saturated carbocycles. The average molecular weight is 385 g/mol. The molecule has 1 aromatic carbocycles. The van der Waals surface area contributed by atoms with Crippen LogP contribution in [-0.2, 0) is 20.9 Å². The molecule has 1 saturated heterocycles. The van der Waals surface area contributed by atoms with Gasteiger partial charge in [0.05, 0.1) is 0 Å². The number of carbonyl (C=O) groups excluding carboxylic acids is 5. The topological polar surface area (TPSA) is 113 Å². The lowest BCUT2D eigenvalue weighted by Gasteiger charge is -2.29. The van der Waals surface area contributed by atoms with Crippen LogP contribution in [0.3, 0.4) is 0 Å². The van der Waals surface area contributed by atoms with E-state index in [0.29, 0.717) is 11.1 Å². The number of hydrogen-bond donors (Lipinski definition) is 2. The third-order valence-corrected chi connectivity index (χ3v) is 4.73.